The predicted molar refractivity (Wildman–Crippen MR) is 95.3 cm³/mol. The van der Waals surface area contributed by atoms with E-state index in [1.54, 1.807) is 20.9 Å². The minimum absolute atomic E-state index is 0.0276. The molecule has 0 aromatic carbocycles. The van der Waals surface area contributed by atoms with Crippen LogP contribution in [0.2, 0.25) is 0 Å². The lowest BCUT2D eigenvalue weighted by atomic mass is 10.0. The largest absolute Gasteiger partial charge is 0.478 e. The second-order valence-electron chi connectivity index (χ2n) is 6.62. The molecule has 1 aliphatic rings. The fourth-order valence-electron chi connectivity index (χ4n) is 3.26. The number of carboxylic acids is 1. The smallest absolute Gasteiger partial charge is 0.339 e. The molecule has 0 radical (unpaired) electrons. The van der Waals surface area contributed by atoms with Crippen molar-refractivity contribution in [2.24, 2.45) is 0 Å². The van der Waals surface area contributed by atoms with Gasteiger partial charge in [-0.2, -0.15) is 4.31 Å². The second-order valence-corrected chi connectivity index (χ2v) is 8.66. The van der Waals surface area contributed by atoms with Gasteiger partial charge in [-0.1, -0.05) is 13.3 Å². The van der Waals surface area contributed by atoms with Crippen LogP contribution in [0.15, 0.2) is 10.5 Å². The third-order valence-electron chi connectivity index (χ3n) is 4.53. The predicted octanol–water partition coefficient (Wildman–Crippen LogP) is 1.84. The number of nitrogens with zero attached hydrogens (tertiary/aromatic N) is 2. The number of amides is 1. The molecule has 0 spiro atoms. The first kappa shape index (κ1) is 20.4. The van der Waals surface area contributed by atoms with Gasteiger partial charge in [-0.25, -0.2) is 13.2 Å². The van der Waals surface area contributed by atoms with Crippen LogP contribution in [0.1, 0.15) is 54.5 Å². The van der Waals surface area contributed by atoms with Crippen LogP contribution in [0.25, 0.3) is 0 Å². The lowest BCUT2D eigenvalue weighted by Gasteiger charge is -2.35. The van der Waals surface area contributed by atoms with Crippen molar-refractivity contribution in [3.63, 3.8) is 0 Å². The normalized spacial score (nSPS) is 18.7. The van der Waals surface area contributed by atoms with Crippen molar-refractivity contribution in [2.75, 3.05) is 19.3 Å². The van der Waals surface area contributed by atoms with E-state index in [0.717, 1.165) is 12.8 Å². The molecule has 1 aromatic rings. The van der Waals surface area contributed by atoms with E-state index in [4.69, 9.17) is 9.52 Å². The first-order valence-corrected chi connectivity index (χ1v) is 10.4. The third kappa shape index (κ3) is 4.45. The Labute approximate surface area is 153 Å². The summed E-state index contributed by atoms with van der Waals surface area (Å²) in [4.78, 5) is 25.4. The van der Waals surface area contributed by atoms with Crippen molar-refractivity contribution in [2.45, 2.75) is 52.1 Å². The molecule has 2 heterocycles. The van der Waals surface area contributed by atoms with Gasteiger partial charge in [-0.3, -0.25) is 4.79 Å². The van der Waals surface area contributed by atoms with Crippen molar-refractivity contribution < 1.29 is 27.5 Å². The zero-order chi connectivity index (χ0) is 19.5. The number of furan rings is 1. The van der Waals surface area contributed by atoms with Gasteiger partial charge in [0, 0.05) is 13.6 Å². The van der Waals surface area contributed by atoms with Crippen LogP contribution < -0.4 is 0 Å². The molecular formula is C17H26N2O6S. The van der Waals surface area contributed by atoms with Crippen LogP contribution in [0, 0.1) is 6.92 Å². The van der Waals surface area contributed by atoms with Crippen LogP contribution in [-0.2, 0) is 21.4 Å². The highest BCUT2D eigenvalue weighted by atomic mass is 32.2. The van der Waals surface area contributed by atoms with Gasteiger partial charge in [0.2, 0.25) is 15.9 Å². The van der Waals surface area contributed by atoms with E-state index in [2.05, 4.69) is 0 Å². The van der Waals surface area contributed by atoms with Crippen LogP contribution >= 0.6 is 0 Å². The van der Waals surface area contributed by atoms with Crippen LogP contribution in [0.3, 0.4) is 0 Å². The van der Waals surface area contributed by atoms with Gasteiger partial charge < -0.3 is 14.4 Å². The summed E-state index contributed by atoms with van der Waals surface area (Å²) in [5, 5.41) is 9.09. The highest BCUT2D eigenvalue weighted by Crippen LogP contribution is 2.24. The summed E-state index contributed by atoms with van der Waals surface area (Å²) < 4.78 is 31.7. The summed E-state index contributed by atoms with van der Waals surface area (Å²) in [6.45, 7) is 3.79. The Hall–Kier alpha value is -1.87. The molecule has 0 saturated carbocycles. The maximum atomic E-state index is 12.9. The molecule has 26 heavy (non-hydrogen) atoms. The summed E-state index contributed by atoms with van der Waals surface area (Å²) in [5.41, 5.74) is 0.0608. The van der Waals surface area contributed by atoms with E-state index in [0.29, 0.717) is 25.1 Å². The highest BCUT2D eigenvalue weighted by Gasteiger charge is 2.37. The monoisotopic (exact) mass is 386 g/mol. The molecule has 0 aliphatic carbocycles. The maximum absolute atomic E-state index is 12.9. The molecule has 1 N–H and O–H groups in total. The van der Waals surface area contributed by atoms with Gasteiger partial charge in [0.1, 0.15) is 23.1 Å². The molecule has 2 rings (SSSR count). The number of piperidine rings is 1. The lowest BCUT2D eigenvalue weighted by Crippen LogP contribution is -2.52. The molecule has 1 aliphatic heterocycles. The van der Waals surface area contributed by atoms with E-state index in [-0.39, 0.29) is 29.5 Å². The zero-order valence-corrected chi connectivity index (χ0v) is 16.2. The molecule has 1 amide bonds. The number of hydrogen-bond donors (Lipinski definition) is 1. The Morgan fingerprint density at radius 3 is 2.65 bits per heavy atom. The standard InChI is InChI=1S/C17H26N2O6S/c1-4-9-26(23,24)19-8-6-5-7-15(19)16(20)18(3)11-13-10-14(17(21)22)12(2)25-13/h10,15H,4-9,11H2,1-3H3,(H,21,22). The lowest BCUT2D eigenvalue weighted by molar-refractivity contribution is -0.135. The summed E-state index contributed by atoms with van der Waals surface area (Å²) in [7, 11) is -1.89. The topological polar surface area (TPSA) is 108 Å². The number of rotatable bonds is 7. The SMILES string of the molecule is CCCS(=O)(=O)N1CCCCC1C(=O)N(C)Cc1cc(C(=O)O)c(C)o1. The molecular weight excluding hydrogens is 360 g/mol. The molecule has 146 valence electrons. The van der Waals surface area contributed by atoms with E-state index in [1.165, 1.54) is 15.3 Å². The van der Waals surface area contributed by atoms with Gasteiger partial charge in [0.05, 0.1) is 12.3 Å². The zero-order valence-electron chi connectivity index (χ0n) is 15.4. The number of aromatic carboxylic acids is 1. The molecule has 1 atom stereocenters. The van der Waals surface area contributed by atoms with Crippen molar-refractivity contribution in [1.29, 1.82) is 0 Å². The van der Waals surface area contributed by atoms with Crippen molar-refractivity contribution in [3.8, 4) is 0 Å². The van der Waals surface area contributed by atoms with Crippen molar-refractivity contribution in [3.05, 3.63) is 23.2 Å². The van der Waals surface area contributed by atoms with Crippen molar-refractivity contribution in [1.82, 2.24) is 9.21 Å². The van der Waals surface area contributed by atoms with Gasteiger partial charge >= 0.3 is 5.97 Å². The average Bonchev–Trinajstić information content (AvgIpc) is 2.94. The van der Waals surface area contributed by atoms with Gasteiger partial charge in [-0.05, 0) is 32.3 Å². The number of hydrogen-bond acceptors (Lipinski definition) is 5. The minimum Gasteiger partial charge on any atom is -0.478 e. The molecule has 1 aromatic heterocycles. The van der Waals surface area contributed by atoms with E-state index >= 15 is 0 Å². The van der Waals surface area contributed by atoms with Gasteiger partial charge in [0.25, 0.3) is 0 Å². The second kappa shape index (κ2) is 8.22. The maximum Gasteiger partial charge on any atom is 0.339 e. The number of sulfonamides is 1. The van der Waals surface area contributed by atoms with E-state index in [9.17, 15) is 18.0 Å². The minimum atomic E-state index is -3.46. The first-order chi connectivity index (χ1) is 12.2. The Balaban J connectivity index is 2.15. The summed E-state index contributed by atoms with van der Waals surface area (Å²) in [5.74, 6) is -0.724. The molecule has 9 heteroatoms. The van der Waals surface area contributed by atoms with Gasteiger partial charge in [0.15, 0.2) is 0 Å². The number of aryl methyl sites for hydroxylation is 1. The molecule has 1 unspecified atom stereocenters. The Morgan fingerprint density at radius 1 is 1.38 bits per heavy atom. The fraction of sp³-hybridized carbons (Fsp3) is 0.647. The van der Waals surface area contributed by atoms with Crippen molar-refractivity contribution >= 4 is 21.9 Å². The number of carboxylic acid groups (broad SMARTS) is 1. The molecule has 1 fully saturated rings. The first-order valence-electron chi connectivity index (χ1n) is 8.74. The number of carbonyl (C=O) groups excluding carboxylic acids is 1. The molecule has 8 nitrogen and oxygen atoms in total. The van der Waals surface area contributed by atoms with E-state index in [1.807, 2.05) is 0 Å². The highest BCUT2D eigenvalue weighted by molar-refractivity contribution is 7.89. The third-order valence-corrected chi connectivity index (χ3v) is 6.60. The van der Waals surface area contributed by atoms with Gasteiger partial charge in [-0.15, -0.1) is 0 Å². The number of carbonyl (C=O) groups is 2. The summed E-state index contributed by atoms with van der Waals surface area (Å²) in [6, 6.07) is 0.689. The van der Waals surface area contributed by atoms with Crippen LogP contribution in [-0.4, -0.2) is 60.0 Å². The van der Waals surface area contributed by atoms with Crippen LogP contribution in [0.4, 0.5) is 0 Å². The average molecular weight is 386 g/mol. The fourth-order valence-corrected chi connectivity index (χ4v) is 5.00. The van der Waals surface area contributed by atoms with Crippen LogP contribution in [0.5, 0.6) is 0 Å². The Bertz CT molecular complexity index is 770. The number of likely N-dealkylation sites (N-methyl/N-ethyl adjacent to an activating group) is 1. The molecule has 1 saturated heterocycles. The van der Waals surface area contributed by atoms with E-state index < -0.39 is 22.0 Å². The Morgan fingerprint density at radius 2 is 2.08 bits per heavy atom. The molecule has 0 bridgehead atoms. The summed E-state index contributed by atoms with van der Waals surface area (Å²) in [6.07, 6.45) is 2.53. The summed E-state index contributed by atoms with van der Waals surface area (Å²) >= 11 is 0. The quantitative estimate of drug-likeness (QED) is 0.766. The Kier molecular flexibility index (Phi) is 6.46.